The number of nitrogens with one attached hydrogen (secondary N) is 1. The molecule has 0 spiro atoms. The van der Waals surface area contributed by atoms with Gasteiger partial charge in [0.05, 0.1) is 5.69 Å². The van der Waals surface area contributed by atoms with Crippen molar-refractivity contribution in [3.8, 4) is 28.5 Å². The van der Waals surface area contributed by atoms with Crippen LogP contribution in [0.5, 0.6) is 17.2 Å². The maximum atomic E-state index is 12.4. The Hall–Kier alpha value is -4.72. The van der Waals surface area contributed by atoms with Crippen LogP contribution in [-0.4, -0.2) is 32.3 Å². The molecule has 1 amide bonds. The molecule has 2 aromatic heterocycles. The van der Waals surface area contributed by atoms with Crippen molar-refractivity contribution in [3.63, 3.8) is 0 Å². The fourth-order valence-corrected chi connectivity index (χ4v) is 3.38. The highest BCUT2D eigenvalue weighted by molar-refractivity contribution is 5.92. The second-order valence-electron chi connectivity index (χ2n) is 7.54. The maximum Gasteiger partial charge on any atom is 0.262 e. The third kappa shape index (κ3) is 4.86. The summed E-state index contributed by atoms with van der Waals surface area (Å²) in [6.45, 7) is 1.73. The molecule has 0 bridgehead atoms. The van der Waals surface area contributed by atoms with E-state index in [1.54, 1.807) is 28.8 Å². The van der Waals surface area contributed by atoms with Crippen molar-refractivity contribution in [1.29, 1.82) is 0 Å². The van der Waals surface area contributed by atoms with Gasteiger partial charge in [-0.2, -0.15) is 9.61 Å². The number of ether oxygens (including phenoxy) is 2. The Morgan fingerprint density at radius 2 is 1.62 bits per heavy atom. The monoisotopic (exact) mass is 451 g/mol. The molecule has 0 aliphatic carbocycles. The van der Waals surface area contributed by atoms with Crippen LogP contribution in [0.4, 0.5) is 5.69 Å². The minimum Gasteiger partial charge on any atom is -0.484 e. The van der Waals surface area contributed by atoms with E-state index < -0.39 is 0 Å². The number of rotatable bonds is 7. The highest BCUT2D eigenvalue weighted by atomic mass is 16.5. The average molecular weight is 451 g/mol. The van der Waals surface area contributed by atoms with Gasteiger partial charge in [-0.15, -0.1) is 10.2 Å². The third-order valence-corrected chi connectivity index (χ3v) is 5.03. The van der Waals surface area contributed by atoms with Gasteiger partial charge in [0.1, 0.15) is 17.2 Å². The van der Waals surface area contributed by atoms with Crippen LogP contribution in [0.15, 0.2) is 91.0 Å². The Morgan fingerprint density at radius 1 is 0.853 bits per heavy atom. The minimum absolute atomic E-state index is 0.118. The molecule has 2 heterocycles. The first kappa shape index (κ1) is 21.1. The van der Waals surface area contributed by atoms with Gasteiger partial charge in [-0.05, 0) is 67.6 Å². The standard InChI is InChI=1S/C26H21N5O3/c1-18-28-29-25-15-14-24(30-31(18)25)19-6-5-7-20(16-19)27-26(32)17-33-21-10-12-23(13-11-21)34-22-8-3-2-4-9-22/h2-16H,17H2,1H3,(H,27,32). The Morgan fingerprint density at radius 3 is 2.44 bits per heavy atom. The van der Waals surface area contributed by atoms with Crippen molar-refractivity contribution in [3.05, 3.63) is 96.8 Å². The first-order valence-corrected chi connectivity index (χ1v) is 10.7. The lowest BCUT2D eigenvalue weighted by molar-refractivity contribution is -0.118. The number of carbonyl (C=O) groups is 1. The number of nitrogens with zero attached hydrogens (tertiary/aromatic N) is 4. The fraction of sp³-hybridized carbons (Fsp3) is 0.0769. The number of anilines is 1. The summed E-state index contributed by atoms with van der Waals surface area (Å²) in [6.07, 6.45) is 0. The highest BCUT2D eigenvalue weighted by Crippen LogP contribution is 2.24. The number of fused-ring (bicyclic) bond motifs is 1. The molecular formula is C26H21N5O3. The Bertz CT molecular complexity index is 1430. The zero-order valence-electron chi connectivity index (χ0n) is 18.4. The van der Waals surface area contributed by atoms with Gasteiger partial charge in [-0.25, -0.2) is 0 Å². The summed E-state index contributed by atoms with van der Waals surface area (Å²) in [7, 11) is 0. The van der Waals surface area contributed by atoms with Gasteiger partial charge in [0, 0.05) is 11.3 Å². The van der Waals surface area contributed by atoms with Crippen LogP contribution >= 0.6 is 0 Å². The lowest BCUT2D eigenvalue weighted by Crippen LogP contribution is -2.20. The quantitative estimate of drug-likeness (QED) is 0.378. The number of hydrogen-bond acceptors (Lipinski definition) is 6. The molecule has 0 atom stereocenters. The largest absolute Gasteiger partial charge is 0.484 e. The van der Waals surface area contributed by atoms with E-state index in [-0.39, 0.29) is 12.5 Å². The number of carbonyl (C=O) groups excluding carboxylic acids is 1. The number of hydrogen-bond donors (Lipinski definition) is 1. The molecule has 0 saturated heterocycles. The second-order valence-corrected chi connectivity index (χ2v) is 7.54. The summed E-state index contributed by atoms with van der Waals surface area (Å²) in [5.41, 5.74) is 2.95. The molecule has 1 N–H and O–H groups in total. The Balaban J connectivity index is 1.19. The van der Waals surface area contributed by atoms with E-state index >= 15 is 0 Å². The smallest absolute Gasteiger partial charge is 0.262 e. The lowest BCUT2D eigenvalue weighted by atomic mass is 10.1. The number of aromatic nitrogens is 4. The van der Waals surface area contributed by atoms with E-state index in [0.717, 1.165) is 17.0 Å². The third-order valence-electron chi connectivity index (χ3n) is 5.03. The Kier molecular flexibility index (Phi) is 5.85. The van der Waals surface area contributed by atoms with Crippen LogP contribution in [0.3, 0.4) is 0 Å². The molecule has 0 aliphatic rings. The van der Waals surface area contributed by atoms with E-state index in [1.165, 1.54) is 0 Å². The van der Waals surface area contributed by atoms with E-state index in [2.05, 4.69) is 20.6 Å². The summed E-state index contributed by atoms with van der Waals surface area (Å²) < 4.78 is 13.1. The molecule has 0 aliphatic heterocycles. The lowest BCUT2D eigenvalue weighted by Gasteiger charge is -2.10. The molecule has 3 aromatic carbocycles. The minimum atomic E-state index is -0.264. The SMILES string of the molecule is Cc1nnc2ccc(-c3cccc(NC(=O)COc4ccc(Oc5ccccc5)cc4)c3)nn12. The van der Waals surface area contributed by atoms with Gasteiger partial charge in [-0.1, -0.05) is 30.3 Å². The molecule has 5 aromatic rings. The van der Waals surface area contributed by atoms with Crippen LogP contribution in [0.25, 0.3) is 16.9 Å². The molecule has 168 valence electrons. The molecule has 0 unspecified atom stereocenters. The summed E-state index contributed by atoms with van der Waals surface area (Å²) in [6, 6.07) is 27.8. The predicted octanol–water partition coefficient (Wildman–Crippen LogP) is 4.91. The summed E-state index contributed by atoms with van der Waals surface area (Å²) in [5, 5.41) is 15.5. The number of benzene rings is 3. The first-order valence-electron chi connectivity index (χ1n) is 10.7. The van der Waals surface area contributed by atoms with Crippen molar-refractivity contribution < 1.29 is 14.3 Å². The zero-order valence-corrected chi connectivity index (χ0v) is 18.4. The van der Waals surface area contributed by atoms with Gasteiger partial charge in [0.2, 0.25) is 0 Å². The van der Waals surface area contributed by atoms with Crippen molar-refractivity contribution in [1.82, 2.24) is 19.8 Å². The van der Waals surface area contributed by atoms with E-state index in [4.69, 9.17) is 9.47 Å². The van der Waals surface area contributed by atoms with Crippen LogP contribution in [-0.2, 0) is 4.79 Å². The molecule has 8 heteroatoms. The van der Waals surface area contributed by atoms with Gasteiger partial charge in [0.25, 0.3) is 5.91 Å². The van der Waals surface area contributed by atoms with Gasteiger partial charge >= 0.3 is 0 Å². The first-order chi connectivity index (χ1) is 16.6. The molecule has 5 rings (SSSR count). The van der Waals surface area contributed by atoms with Crippen LogP contribution < -0.4 is 14.8 Å². The number of amides is 1. The molecule has 34 heavy (non-hydrogen) atoms. The average Bonchev–Trinajstić information content (AvgIpc) is 3.24. The number of aryl methyl sites for hydroxylation is 1. The van der Waals surface area contributed by atoms with E-state index in [1.807, 2.05) is 73.7 Å². The normalized spacial score (nSPS) is 10.7. The van der Waals surface area contributed by atoms with Crippen molar-refractivity contribution in [2.75, 3.05) is 11.9 Å². The molecule has 0 radical (unpaired) electrons. The summed E-state index contributed by atoms with van der Waals surface area (Å²) in [4.78, 5) is 12.4. The molecular weight excluding hydrogens is 430 g/mol. The van der Waals surface area contributed by atoms with Crippen LogP contribution in [0.1, 0.15) is 5.82 Å². The van der Waals surface area contributed by atoms with E-state index in [9.17, 15) is 4.79 Å². The molecule has 8 nitrogen and oxygen atoms in total. The summed E-state index contributed by atoms with van der Waals surface area (Å²) >= 11 is 0. The predicted molar refractivity (Wildman–Crippen MR) is 128 cm³/mol. The topological polar surface area (TPSA) is 90.6 Å². The fourth-order valence-electron chi connectivity index (χ4n) is 3.38. The summed E-state index contributed by atoms with van der Waals surface area (Å²) in [5.74, 6) is 2.46. The Labute approximate surface area is 195 Å². The van der Waals surface area contributed by atoms with Crippen LogP contribution in [0, 0.1) is 6.92 Å². The van der Waals surface area contributed by atoms with Crippen molar-refractivity contribution in [2.24, 2.45) is 0 Å². The van der Waals surface area contributed by atoms with Gasteiger partial charge < -0.3 is 14.8 Å². The van der Waals surface area contributed by atoms with Crippen molar-refractivity contribution >= 4 is 17.2 Å². The van der Waals surface area contributed by atoms with Crippen LogP contribution in [0.2, 0.25) is 0 Å². The highest BCUT2D eigenvalue weighted by Gasteiger charge is 2.09. The number of para-hydroxylation sites is 1. The van der Waals surface area contributed by atoms with E-state index in [0.29, 0.717) is 28.7 Å². The molecule has 0 fully saturated rings. The maximum absolute atomic E-state index is 12.4. The zero-order chi connectivity index (χ0) is 23.3. The van der Waals surface area contributed by atoms with Crippen molar-refractivity contribution in [2.45, 2.75) is 6.92 Å². The second kappa shape index (κ2) is 9.41. The van der Waals surface area contributed by atoms with Gasteiger partial charge in [0.15, 0.2) is 18.1 Å². The molecule has 0 saturated carbocycles. The van der Waals surface area contributed by atoms with Gasteiger partial charge in [-0.3, -0.25) is 4.79 Å².